The largest absolute Gasteiger partial charge is 0.477 e. The lowest BCUT2D eigenvalue weighted by Gasteiger charge is -2.15. The molecule has 1 aromatic heterocycles. The van der Waals surface area contributed by atoms with Crippen molar-refractivity contribution in [2.24, 2.45) is 0 Å². The summed E-state index contributed by atoms with van der Waals surface area (Å²) in [6.45, 7) is 3.13. The van der Waals surface area contributed by atoms with Gasteiger partial charge in [-0.3, -0.25) is 9.69 Å². The van der Waals surface area contributed by atoms with E-state index in [1.54, 1.807) is 4.90 Å². The van der Waals surface area contributed by atoms with Gasteiger partial charge in [0.25, 0.3) is 0 Å². The van der Waals surface area contributed by atoms with E-state index in [0.29, 0.717) is 31.4 Å². The molecule has 1 aliphatic heterocycles. The molecule has 1 saturated heterocycles. The predicted octanol–water partition coefficient (Wildman–Crippen LogP) is 2.16. The number of anilines is 1. The third kappa shape index (κ3) is 2.12. The molecule has 19 heavy (non-hydrogen) atoms. The standard InChI is InChI=1S/C14H15N3O2/c1-2-19-13-10-6-3-4-7-11(10)15-14(16-13)17-9-5-8-12(17)18/h3-4,6-7H,2,5,8-9H2,1H3. The Morgan fingerprint density at radius 3 is 2.89 bits per heavy atom. The van der Waals surface area contributed by atoms with Gasteiger partial charge in [0, 0.05) is 13.0 Å². The molecule has 1 aliphatic rings. The summed E-state index contributed by atoms with van der Waals surface area (Å²) in [5.74, 6) is 1.07. The second kappa shape index (κ2) is 4.84. The van der Waals surface area contributed by atoms with E-state index < -0.39 is 0 Å². The molecule has 3 rings (SSSR count). The Morgan fingerprint density at radius 1 is 1.32 bits per heavy atom. The van der Waals surface area contributed by atoms with Crippen molar-refractivity contribution in [1.29, 1.82) is 0 Å². The first kappa shape index (κ1) is 11.9. The summed E-state index contributed by atoms with van der Waals surface area (Å²) in [4.78, 5) is 22.3. The van der Waals surface area contributed by atoms with Crippen LogP contribution in [0.2, 0.25) is 0 Å². The van der Waals surface area contributed by atoms with Gasteiger partial charge >= 0.3 is 0 Å². The van der Waals surface area contributed by atoms with Gasteiger partial charge < -0.3 is 4.74 Å². The van der Waals surface area contributed by atoms with Crippen LogP contribution in [0.25, 0.3) is 10.9 Å². The number of benzene rings is 1. The Labute approximate surface area is 111 Å². The van der Waals surface area contributed by atoms with E-state index in [2.05, 4.69) is 9.97 Å². The van der Waals surface area contributed by atoms with Crippen LogP contribution in [-0.4, -0.2) is 29.0 Å². The van der Waals surface area contributed by atoms with Gasteiger partial charge in [-0.05, 0) is 25.5 Å². The number of para-hydroxylation sites is 1. The van der Waals surface area contributed by atoms with Crippen molar-refractivity contribution in [2.45, 2.75) is 19.8 Å². The SMILES string of the molecule is CCOc1nc(N2CCCC2=O)nc2ccccc12. The molecule has 0 bridgehead atoms. The molecule has 0 saturated carbocycles. The quantitative estimate of drug-likeness (QED) is 0.845. The number of aromatic nitrogens is 2. The first-order valence-electron chi connectivity index (χ1n) is 6.49. The van der Waals surface area contributed by atoms with Gasteiger partial charge in [-0.1, -0.05) is 12.1 Å². The number of hydrogen-bond acceptors (Lipinski definition) is 4. The summed E-state index contributed by atoms with van der Waals surface area (Å²) in [6.07, 6.45) is 1.43. The normalized spacial score (nSPS) is 15.2. The maximum absolute atomic E-state index is 11.8. The van der Waals surface area contributed by atoms with Crippen molar-refractivity contribution in [2.75, 3.05) is 18.1 Å². The van der Waals surface area contributed by atoms with Crippen LogP contribution in [0.5, 0.6) is 5.88 Å². The van der Waals surface area contributed by atoms with E-state index in [1.165, 1.54) is 0 Å². The average molecular weight is 257 g/mol. The molecule has 0 radical (unpaired) electrons. The van der Waals surface area contributed by atoms with E-state index in [9.17, 15) is 4.79 Å². The van der Waals surface area contributed by atoms with Crippen LogP contribution in [0.4, 0.5) is 5.95 Å². The Morgan fingerprint density at radius 2 is 2.16 bits per heavy atom. The van der Waals surface area contributed by atoms with Gasteiger partial charge in [-0.15, -0.1) is 0 Å². The van der Waals surface area contributed by atoms with E-state index in [4.69, 9.17) is 4.74 Å². The summed E-state index contributed by atoms with van der Waals surface area (Å²) in [6, 6.07) is 7.68. The summed E-state index contributed by atoms with van der Waals surface area (Å²) in [7, 11) is 0. The number of carbonyl (C=O) groups is 1. The van der Waals surface area contributed by atoms with Crippen molar-refractivity contribution in [3.63, 3.8) is 0 Å². The number of rotatable bonds is 3. The number of fused-ring (bicyclic) bond motifs is 1. The molecule has 2 aromatic rings. The second-order valence-corrected chi connectivity index (χ2v) is 4.43. The molecule has 0 atom stereocenters. The van der Waals surface area contributed by atoms with Gasteiger partial charge in [0.15, 0.2) is 0 Å². The van der Waals surface area contributed by atoms with Gasteiger partial charge in [0.05, 0.1) is 17.5 Å². The smallest absolute Gasteiger partial charge is 0.236 e. The summed E-state index contributed by atoms with van der Waals surface area (Å²) in [5.41, 5.74) is 0.802. The Hall–Kier alpha value is -2.17. The molecule has 0 spiro atoms. The predicted molar refractivity (Wildman–Crippen MR) is 72.3 cm³/mol. The number of amides is 1. The van der Waals surface area contributed by atoms with Gasteiger partial charge in [-0.25, -0.2) is 4.98 Å². The van der Waals surface area contributed by atoms with Gasteiger partial charge in [-0.2, -0.15) is 4.98 Å². The van der Waals surface area contributed by atoms with Crippen LogP contribution in [0.15, 0.2) is 24.3 Å². The summed E-state index contributed by atoms with van der Waals surface area (Å²) in [5, 5.41) is 0.875. The molecule has 1 fully saturated rings. The maximum Gasteiger partial charge on any atom is 0.236 e. The van der Waals surface area contributed by atoms with Crippen molar-refractivity contribution >= 4 is 22.8 Å². The number of carbonyl (C=O) groups excluding carboxylic acids is 1. The number of ether oxygens (including phenoxy) is 1. The lowest BCUT2D eigenvalue weighted by molar-refractivity contribution is -0.117. The van der Waals surface area contributed by atoms with Crippen LogP contribution < -0.4 is 9.64 Å². The zero-order chi connectivity index (χ0) is 13.2. The van der Waals surface area contributed by atoms with Crippen LogP contribution in [0.1, 0.15) is 19.8 Å². The minimum absolute atomic E-state index is 0.0812. The van der Waals surface area contributed by atoms with E-state index in [1.807, 2.05) is 31.2 Å². The molecule has 5 heteroatoms. The Kier molecular flexibility index (Phi) is 3.03. The molecule has 98 valence electrons. The molecular formula is C14H15N3O2. The monoisotopic (exact) mass is 257 g/mol. The van der Waals surface area contributed by atoms with E-state index >= 15 is 0 Å². The molecule has 0 aliphatic carbocycles. The maximum atomic E-state index is 11.8. The van der Waals surface area contributed by atoms with Crippen LogP contribution in [0, 0.1) is 0 Å². The van der Waals surface area contributed by atoms with Crippen LogP contribution in [0.3, 0.4) is 0 Å². The Bertz CT molecular complexity index is 627. The molecular weight excluding hydrogens is 242 g/mol. The van der Waals surface area contributed by atoms with Gasteiger partial charge in [0.2, 0.25) is 17.7 Å². The van der Waals surface area contributed by atoms with Gasteiger partial charge in [0.1, 0.15) is 0 Å². The fraction of sp³-hybridized carbons (Fsp3) is 0.357. The molecule has 1 amide bonds. The fourth-order valence-corrected chi connectivity index (χ4v) is 2.26. The molecule has 0 N–H and O–H groups in total. The molecule has 1 aromatic carbocycles. The van der Waals surface area contributed by atoms with Crippen molar-refractivity contribution in [1.82, 2.24) is 9.97 Å². The summed E-state index contributed by atoms with van der Waals surface area (Å²) < 4.78 is 5.57. The highest BCUT2D eigenvalue weighted by Crippen LogP contribution is 2.27. The number of hydrogen-bond donors (Lipinski definition) is 0. The molecule has 0 unspecified atom stereocenters. The Balaban J connectivity index is 2.13. The number of nitrogens with zero attached hydrogens (tertiary/aromatic N) is 3. The average Bonchev–Trinajstić information content (AvgIpc) is 2.85. The highest BCUT2D eigenvalue weighted by atomic mass is 16.5. The van der Waals surface area contributed by atoms with Crippen molar-refractivity contribution < 1.29 is 9.53 Å². The first-order chi connectivity index (χ1) is 9.29. The fourth-order valence-electron chi connectivity index (χ4n) is 2.26. The molecule has 2 heterocycles. The second-order valence-electron chi connectivity index (χ2n) is 4.43. The van der Waals surface area contributed by atoms with E-state index in [-0.39, 0.29) is 5.91 Å². The lowest BCUT2D eigenvalue weighted by Crippen LogP contribution is -2.26. The topological polar surface area (TPSA) is 55.3 Å². The van der Waals surface area contributed by atoms with Crippen LogP contribution in [-0.2, 0) is 4.79 Å². The summed E-state index contributed by atoms with van der Waals surface area (Å²) >= 11 is 0. The third-order valence-electron chi connectivity index (χ3n) is 3.15. The molecule has 5 nitrogen and oxygen atoms in total. The highest BCUT2D eigenvalue weighted by molar-refractivity contribution is 5.95. The minimum atomic E-state index is 0.0812. The van der Waals surface area contributed by atoms with Crippen molar-refractivity contribution in [3.8, 4) is 5.88 Å². The van der Waals surface area contributed by atoms with Crippen molar-refractivity contribution in [3.05, 3.63) is 24.3 Å². The first-order valence-corrected chi connectivity index (χ1v) is 6.49. The highest BCUT2D eigenvalue weighted by Gasteiger charge is 2.25. The minimum Gasteiger partial charge on any atom is -0.477 e. The van der Waals surface area contributed by atoms with E-state index in [0.717, 1.165) is 17.3 Å². The lowest BCUT2D eigenvalue weighted by atomic mass is 10.2. The zero-order valence-electron chi connectivity index (χ0n) is 10.8. The van der Waals surface area contributed by atoms with Crippen LogP contribution >= 0.6 is 0 Å². The third-order valence-corrected chi connectivity index (χ3v) is 3.15. The zero-order valence-corrected chi connectivity index (χ0v) is 10.8.